The number of hydrogen-bond acceptors (Lipinski definition) is 6. The van der Waals surface area contributed by atoms with E-state index in [9.17, 15) is 14.0 Å². The lowest BCUT2D eigenvalue weighted by atomic mass is 10.2. The molecule has 2 aromatic carbocycles. The van der Waals surface area contributed by atoms with Crippen molar-refractivity contribution in [2.24, 2.45) is 0 Å². The quantitative estimate of drug-likeness (QED) is 0.383. The first-order valence-electron chi connectivity index (χ1n) is 9.01. The molecule has 0 radical (unpaired) electrons. The third kappa shape index (κ3) is 5.03. The third-order valence-electron chi connectivity index (χ3n) is 4.07. The fourth-order valence-corrected chi connectivity index (χ4v) is 3.66. The van der Waals surface area contributed by atoms with E-state index >= 15 is 0 Å². The lowest BCUT2D eigenvalue weighted by Gasteiger charge is -2.10. The van der Waals surface area contributed by atoms with Crippen LogP contribution in [0.1, 0.15) is 12.5 Å². The fourth-order valence-electron chi connectivity index (χ4n) is 2.62. The molecule has 0 saturated heterocycles. The van der Waals surface area contributed by atoms with Gasteiger partial charge in [-0.05, 0) is 49.7 Å². The molecule has 0 fully saturated rings. The van der Waals surface area contributed by atoms with Gasteiger partial charge in [-0.2, -0.15) is 5.10 Å². The summed E-state index contributed by atoms with van der Waals surface area (Å²) >= 11 is 7.17. The Balaban J connectivity index is 1.67. The van der Waals surface area contributed by atoms with E-state index in [1.807, 2.05) is 19.1 Å². The molecule has 1 heterocycles. The largest absolute Gasteiger partial charge is 0.482 e. The minimum atomic E-state index is -0.678. The first-order valence-corrected chi connectivity index (χ1v) is 10.4. The summed E-state index contributed by atoms with van der Waals surface area (Å²) in [5.74, 6) is -0.300. The number of esters is 1. The highest BCUT2D eigenvalue weighted by atomic mass is 35.5. The number of nitrogens with zero attached hydrogens (tertiary/aromatic N) is 3. The number of carbonyl (C=O) groups is 1. The summed E-state index contributed by atoms with van der Waals surface area (Å²) < 4.78 is 26.8. The van der Waals surface area contributed by atoms with Crippen LogP contribution in [0.4, 0.5) is 4.39 Å². The second-order valence-corrected chi connectivity index (χ2v) is 7.58. The molecular formula is C20H19ClFN3O4S. The topological polar surface area (TPSA) is 75.3 Å². The van der Waals surface area contributed by atoms with Crippen LogP contribution < -0.4 is 10.4 Å². The Bertz CT molecular complexity index is 1120. The van der Waals surface area contributed by atoms with Crippen molar-refractivity contribution >= 4 is 29.3 Å². The number of carbonyl (C=O) groups excluding carboxylic acids is 1. The van der Waals surface area contributed by atoms with E-state index in [0.717, 1.165) is 15.0 Å². The molecule has 1 aromatic heterocycles. The van der Waals surface area contributed by atoms with Gasteiger partial charge in [-0.3, -0.25) is 0 Å². The van der Waals surface area contributed by atoms with E-state index in [-0.39, 0.29) is 23.2 Å². The molecule has 0 aliphatic heterocycles. The van der Waals surface area contributed by atoms with Crippen molar-refractivity contribution in [3.63, 3.8) is 0 Å². The number of benzene rings is 2. The highest BCUT2D eigenvalue weighted by Crippen LogP contribution is 2.26. The van der Waals surface area contributed by atoms with Gasteiger partial charge in [-0.15, -0.1) is 11.8 Å². The summed E-state index contributed by atoms with van der Waals surface area (Å²) in [7, 11) is 0. The number of thioether (sulfide) groups is 1. The molecule has 0 atom stereocenters. The number of aromatic nitrogens is 3. The van der Waals surface area contributed by atoms with Gasteiger partial charge in [0.15, 0.2) is 12.4 Å². The predicted molar refractivity (Wildman–Crippen MR) is 112 cm³/mol. The van der Waals surface area contributed by atoms with Crippen LogP contribution in [0.5, 0.6) is 5.75 Å². The monoisotopic (exact) mass is 451 g/mol. The molecule has 0 saturated carbocycles. The summed E-state index contributed by atoms with van der Waals surface area (Å²) in [5, 5.41) is 3.98. The van der Waals surface area contributed by atoms with Gasteiger partial charge in [-0.1, -0.05) is 17.7 Å². The standard InChI is InChI=1S/C20H19ClFN3O4S/c1-3-28-18(26)10-29-17-8-7-14(9-13(17)2)30-12-25-20(27)24(11-23-25)16-6-4-5-15(21)19(16)22/h4-9,11H,3,10,12H2,1-2H3. The van der Waals surface area contributed by atoms with Crippen molar-refractivity contribution in [2.75, 3.05) is 13.2 Å². The molecule has 7 nitrogen and oxygen atoms in total. The van der Waals surface area contributed by atoms with Gasteiger partial charge in [0.1, 0.15) is 12.1 Å². The maximum absolute atomic E-state index is 14.2. The van der Waals surface area contributed by atoms with Gasteiger partial charge < -0.3 is 9.47 Å². The van der Waals surface area contributed by atoms with Gasteiger partial charge in [0.05, 0.1) is 23.2 Å². The van der Waals surface area contributed by atoms with Crippen LogP contribution in [0.3, 0.4) is 0 Å². The molecule has 0 unspecified atom stereocenters. The van der Waals surface area contributed by atoms with Crippen molar-refractivity contribution in [3.8, 4) is 11.4 Å². The normalized spacial score (nSPS) is 10.8. The molecule has 158 valence electrons. The van der Waals surface area contributed by atoms with Crippen molar-refractivity contribution in [2.45, 2.75) is 24.6 Å². The lowest BCUT2D eigenvalue weighted by molar-refractivity contribution is -0.145. The Hall–Kier alpha value is -2.78. The number of ether oxygens (including phenoxy) is 2. The smallest absolute Gasteiger partial charge is 0.351 e. The molecule has 0 aliphatic rings. The molecule has 10 heteroatoms. The van der Waals surface area contributed by atoms with Crippen LogP contribution in [-0.4, -0.2) is 33.5 Å². The van der Waals surface area contributed by atoms with Crippen LogP contribution in [0.15, 0.2) is 52.4 Å². The summed E-state index contributed by atoms with van der Waals surface area (Å²) in [6.45, 7) is 3.73. The van der Waals surface area contributed by atoms with Gasteiger partial charge >= 0.3 is 11.7 Å². The number of hydrogen-bond donors (Lipinski definition) is 0. The highest BCUT2D eigenvalue weighted by Gasteiger charge is 2.13. The van der Waals surface area contributed by atoms with Crippen molar-refractivity contribution < 1.29 is 18.7 Å². The molecular weight excluding hydrogens is 433 g/mol. The SMILES string of the molecule is CCOC(=O)COc1ccc(SCn2ncn(-c3cccc(Cl)c3F)c2=O)cc1C. The van der Waals surface area contributed by atoms with E-state index in [4.69, 9.17) is 21.1 Å². The Morgan fingerprint density at radius 1 is 1.30 bits per heavy atom. The number of rotatable bonds is 8. The van der Waals surface area contributed by atoms with E-state index in [0.29, 0.717) is 12.4 Å². The molecule has 0 spiro atoms. The molecule has 3 aromatic rings. The van der Waals surface area contributed by atoms with Crippen molar-refractivity contribution in [1.82, 2.24) is 14.3 Å². The van der Waals surface area contributed by atoms with Gasteiger partial charge in [0, 0.05) is 4.90 Å². The van der Waals surface area contributed by atoms with Crippen molar-refractivity contribution in [1.29, 1.82) is 0 Å². The Kier molecular flexibility index (Phi) is 7.17. The van der Waals surface area contributed by atoms with Gasteiger partial charge in [0.2, 0.25) is 0 Å². The average Bonchev–Trinajstić information content (AvgIpc) is 3.08. The summed E-state index contributed by atoms with van der Waals surface area (Å²) in [6.07, 6.45) is 1.26. The maximum atomic E-state index is 14.2. The van der Waals surface area contributed by atoms with Crippen LogP contribution in [0, 0.1) is 12.7 Å². The number of aryl methyl sites for hydroxylation is 1. The minimum Gasteiger partial charge on any atom is -0.482 e. The van der Waals surface area contributed by atoms with E-state index in [1.165, 1.54) is 34.9 Å². The van der Waals surface area contributed by atoms with Gasteiger partial charge in [-0.25, -0.2) is 23.2 Å². The van der Waals surface area contributed by atoms with E-state index in [1.54, 1.807) is 19.1 Å². The lowest BCUT2D eigenvalue weighted by Crippen LogP contribution is -2.23. The predicted octanol–water partition coefficient (Wildman–Crippen LogP) is 3.83. The molecule has 0 bridgehead atoms. The van der Waals surface area contributed by atoms with Crippen LogP contribution in [0.2, 0.25) is 5.02 Å². The molecule has 3 rings (SSSR count). The zero-order valence-corrected chi connectivity index (χ0v) is 17.9. The first kappa shape index (κ1) is 21.9. The zero-order valence-electron chi connectivity index (χ0n) is 16.3. The van der Waals surface area contributed by atoms with E-state index < -0.39 is 17.5 Å². The molecule has 30 heavy (non-hydrogen) atoms. The van der Waals surface area contributed by atoms with Gasteiger partial charge in [0.25, 0.3) is 0 Å². The highest BCUT2D eigenvalue weighted by molar-refractivity contribution is 7.98. The first-order chi connectivity index (χ1) is 14.4. The average molecular weight is 452 g/mol. The fraction of sp³-hybridized carbons (Fsp3) is 0.250. The molecule has 0 amide bonds. The number of halogens is 2. The van der Waals surface area contributed by atoms with Crippen molar-refractivity contribution in [3.05, 3.63) is 69.6 Å². The Labute approximate surface area is 181 Å². The third-order valence-corrected chi connectivity index (χ3v) is 5.33. The second-order valence-electron chi connectivity index (χ2n) is 6.15. The Morgan fingerprint density at radius 3 is 2.83 bits per heavy atom. The molecule has 0 N–H and O–H groups in total. The second kappa shape index (κ2) is 9.82. The zero-order chi connectivity index (χ0) is 21.7. The van der Waals surface area contributed by atoms with Crippen LogP contribution in [-0.2, 0) is 15.4 Å². The summed E-state index contributed by atoms with van der Waals surface area (Å²) in [6, 6.07) is 9.88. The van der Waals surface area contributed by atoms with E-state index in [2.05, 4.69) is 5.10 Å². The Morgan fingerprint density at radius 2 is 2.10 bits per heavy atom. The summed E-state index contributed by atoms with van der Waals surface area (Å²) in [5.41, 5.74) is 0.403. The molecule has 0 aliphatic carbocycles. The van der Waals surface area contributed by atoms with Crippen LogP contribution >= 0.6 is 23.4 Å². The maximum Gasteiger partial charge on any atom is 0.351 e. The summed E-state index contributed by atoms with van der Waals surface area (Å²) in [4.78, 5) is 24.8. The minimum absolute atomic E-state index is 0.0442. The van der Waals surface area contributed by atoms with Crippen LogP contribution in [0.25, 0.3) is 5.69 Å².